The molecule has 0 fully saturated rings. The second kappa shape index (κ2) is 6.20. The highest BCUT2D eigenvalue weighted by Gasteiger charge is 2.11. The summed E-state index contributed by atoms with van der Waals surface area (Å²) < 4.78 is 5.82. The molecule has 0 aliphatic rings. The molecule has 4 aromatic rings. The number of carbonyl (C=O) groups is 1. The minimum Gasteiger partial charge on any atom is -0.436 e. The zero-order chi connectivity index (χ0) is 17.2. The highest BCUT2D eigenvalue weighted by atomic mass is 16.3. The Labute approximate surface area is 144 Å². The quantitative estimate of drug-likeness (QED) is 0.603. The first-order valence-electron chi connectivity index (χ1n) is 7.89. The third-order valence-corrected chi connectivity index (χ3v) is 3.96. The lowest BCUT2D eigenvalue weighted by atomic mass is 10.1. The van der Waals surface area contributed by atoms with Gasteiger partial charge in [0.15, 0.2) is 5.58 Å². The molecule has 2 heterocycles. The molecular weight excluding hydrogens is 314 g/mol. The van der Waals surface area contributed by atoms with E-state index in [0.717, 1.165) is 16.6 Å². The summed E-state index contributed by atoms with van der Waals surface area (Å²) in [4.78, 5) is 20.9. The van der Waals surface area contributed by atoms with Gasteiger partial charge in [-0.25, -0.2) is 4.98 Å². The molecule has 25 heavy (non-hydrogen) atoms. The van der Waals surface area contributed by atoms with Crippen LogP contribution in [0, 0.1) is 6.92 Å². The second-order valence-electron chi connectivity index (χ2n) is 5.71. The van der Waals surface area contributed by atoms with E-state index in [9.17, 15) is 4.79 Å². The molecule has 0 atom stereocenters. The highest BCUT2D eigenvalue weighted by Crippen LogP contribution is 2.26. The molecule has 1 amide bonds. The van der Waals surface area contributed by atoms with E-state index in [0.29, 0.717) is 22.7 Å². The third-order valence-electron chi connectivity index (χ3n) is 3.96. The summed E-state index contributed by atoms with van der Waals surface area (Å²) in [6.07, 6.45) is 3.39. The van der Waals surface area contributed by atoms with Crippen molar-refractivity contribution in [2.45, 2.75) is 6.92 Å². The molecule has 0 spiro atoms. The van der Waals surface area contributed by atoms with Crippen LogP contribution >= 0.6 is 0 Å². The van der Waals surface area contributed by atoms with Gasteiger partial charge in [-0.15, -0.1) is 0 Å². The predicted octanol–water partition coefficient (Wildman–Crippen LogP) is 4.45. The fourth-order valence-corrected chi connectivity index (χ4v) is 2.65. The SMILES string of the molecule is Cc1ccccc1C(=O)Nc1ccc2nc(-c3ccncc3)oc2c1. The van der Waals surface area contributed by atoms with Crippen LogP contribution in [0.5, 0.6) is 0 Å². The van der Waals surface area contributed by atoms with Crippen LogP contribution in [-0.4, -0.2) is 15.9 Å². The van der Waals surface area contributed by atoms with Gasteiger partial charge in [0.1, 0.15) is 5.52 Å². The Balaban J connectivity index is 1.63. The van der Waals surface area contributed by atoms with Crippen molar-refractivity contribution >= 4 is 22.7 Å². The molecule has 5 heteroatoms. The van der Waals surface area contributed by atoms with Crippen LogP contribution in [0.15, 0.2) is 71.4 Å². The van der Waals surface area contributed by atoms with Crippen LogP contribution in [-0.2, 0) is 0 Å². The summed E-state index contributed by atoms with van der Waals surface area (Å²) in [6.45, 7) is 1.91. The molecule has 0 aliphatic carbocycles. The number of aryl methyl sites for hydroxylation is 1. The van der Waals surface area contributed by atoms with Crippen LogP contribution in [0.4, 0.5) is 5.69 Å². The van der Waals surface area contributed by atoms with Gasteiger partial charge >= 0.3 is 0 Å². The number of oxazole rings is 1. The molecule has 1 N–H and O–H groups in total. The van der Waals surface area contributed by atoms with Gasteiger partial charge in [0.05, 0.1) is 0 Å². The van der Waals surface area contributed by atoms with Gasteiger partial charge < -0.3 is 9.73 Å². The number of benzene rings is 2. The van der Waals surface area contributed by atoms with Gasteiger partial charge in [-0.2, -0.15) is 0 Å². The van der Waals surface area contributed by atoms with Crippen molar-refractivity contribution in [1.82, 2.24) is 9.97 Å². The van der Waals surface area contributed by atoms with E-state index >= 15 is 0 Å². The maximum absolute atomic E-state index is 12.4. The molecular formula is C20H15N3O2. The van der Waals surface area contributed by atoms with E-state index in [1.54, 1.807) is 24.5 Å². The van der Waals surface area contributed by atoms with Crippen molar-refractivity contribution in [3.63, 3.8) is 0 Å². The van der Waals surface area contributed by atoms with Crippen molar-refractivity contribution in [3.8, 4) is 11.5 Å². The van der Waals surface area contributed by atoms with Gasteiger partial charge in [-0.05, 0) is 42.8 Å². The number of nitrogens with one attached hydrogen (secondary N) is 1. The number of hydrogen-bond donors (Lipinski definition) is 1. The van der Waals surface area contributed by atoms with Gasteiger partial charge in [0, 0.05) is 35.3 Å². The molecule has 0 radical (unpaired) electrons. The van der Waals surface area contributed by atoms with E-state index < -0.39 is 0 Å². The molecule has 0 bridgehead atoms. The number of rotatable bonds is 3. The normalized spacial score (nSPS) is 10.8. The monoisotopic (exact) mass is 329 g/mol. The molecule has 122 valence electrons. The van der Waals surface area contributed by atoms with Crippen LogP contribution < -0.4 is 5.32 Å². The van der Waals surface area contributed by atoms with Crippen LogP contribution in [0.2, 0.25) is 0 Å². The van der Waals surface area contributed by atoms with E-state index in [2.05, 4.69) is 15.3 Å². The van der Waals surface area contributed by atoms with E-state index in [-0.39, 0.29) is 5.91 Å². The number of pyridine rings is 1. The van der Waals surface area contributed by atoms with Gasteiger partial charge in [-0.1, -0.05) is 18.2 Å². The Hall–Kier alpha value is -3.47. The lowest BCUT2D eigenvalue weighted by molar-refractivity contribution is 0.102. The number of anilines is 1. The summed E-state index contributed by atoms with van der Waals surface area (Å²) in [5, 5.41) is 2.90. The molecule has 0 saturated heterocycles. The van der Waals surface area contributed by atoms with Gasteiger partial charge in [0.2, 0.25) is 5.89 Å². The maximum atomic E-state index is 12.4. The Morgan fingerprint density at radius 3 is 2.64 bits per heavy atom. The minimum atomic E-state index is -0.147. The molecule has 4 rings (SSSR count). The molecule has 0 unspecified atom stereocenters. The number of hydrogen-bond acceptors (Lipinski definition) is 4. The summed E-state index contributed by atoms with van der Waals surface area (Å²) in [7, 11) is 0. The summed E-state index contributed by atoms with van der Waals surface area (Å²) in [5.74, 6) is 0.381. The smallest absolute Gasteiger partial charge is 0.255 e. The van der Waals surface area contributed by atoms with E-state index in [4.69, 9.17) is 4.42 Å². The topological polar surface area (TPSA) is 68.0 Å². The average Bonchev–Trinajstić information content (AvgIpc) is 3.06. The second-order valence-corrected chi connectivity index (χ2v) is 5.71. The first-order valence-corrected chi connectivity index (χ1v) is 7.89. The van der Waals surface area contributed by atoms with Gasteiger partial charge in [0.25, 0.3) is 5.91 Å². The fraction of sp³-hybridized carbons (Fsp3) is 0.0500. The third kappa shape index (κ3) is 2.99. The lowest BCUT2D eigenvalue weighted by Gasteiger charge is -2.07. The number of aromatic nitrogens is 2. The molecule has 0 aliphatic heterocycles. The Kier molecular flexibility index (Phi) is 3.74. The number of fused-ring (bicyclic) bond motifs is 1. The predicted molar refractivity (Wildman–Crippen MR) is 96.4 cm³/mol. The van der Waals surface area contributed by atoms with Crippen LogP contribution in [0.3, 0.4) is 0 Å². The zero-order valence-electron chi connectivity index (χ0n) is 13.6. The summed E-state index contributed by atoms with van der Waals surface area (Å²) >= 11 is 0. The molecule has 5 nitrogen and oxygen atoms in total. The maximum Gasteiger partial charge on any atom is 0.255 e. The Bertz CT molecular complexity index is 1050. The highest BCUT2D eigenvalue weighted by molar-refractivity contribution is 6.05. The van der Waals surface area contributed by atoms with Crippen molar-refractivity contribution < 1.29 is 9.21 Å². The summed E-state index contributed by atoms with van der Waals surface area (Å²) in [5.41, 5.74) is 4.46. The van der Waals surface area contributed by atoms with Crippen molar-refractivity contribution in [3.05, 3.63) is 78.1 Å². The van der Waals surface area contributed by atoms with Gasteiger partial charge in [-0.3, -0.25) is 9.78 Å². The standard InChI is InChI=1S/C20H15N3O2/c1-13-4-2-3-5-16(13)19(24)22-15-6-7-17-18(12-15)25-20(23-17)14-8-10-21-11-9-14/h2-12H,1H3,(H,22,24). The Morgan fingerprint density at radius 1 is 1.04 bits per heavy atom. The first-order chi connectivity index (χ1) is 12.2. The number of carbonyl (C=O) groups excluding carboxylic acids is 1. The van der Waals surface area contributed by atoms with Crippen molar-refractivity contribution in [1.29, 1.82) is 0 Å². The fourth-order valence-electron chi connectivity index (χ4n) is 2.65. The van der Waals surface area contributed by atoms with E-state index in [1.165, 1.54) is 0 Å². The lowest BCUT2D eigenvalue weighted by Crippen LogP contribution is -2.13. The average molecular weight is 329 g/mol. The largest absolute Gasteiger partial charge is 0.436 e. The first kappa shape index (κ1) is 15.1. The minimum absolute atomic E-state index is 0.147. The van der Waals surface area contributed by atoms with Crippen LogP contribution in [0.25, 0.3) is 22.6 Å². The Morgan fingerprint density at radius 2 is 1.84 bits per heavy atom. The molecule has 0 saturated carbocycles. The van der Waals surface area contributed by atoms with E-state index in [1.807, 2.05) is 49.4 Å². The molecule has 2 aromatic heterocycles. The molecule has 2 aromatic carbocycles. The number of amides is 1. The zero-order valence-corrected chi connectivity index (χ0v) is 13.6. The van der Waals surface area contributed by atoms with Crippen molar-refractivity contribution in [2.24, 2.45) is 0 Å². The van der Waals surface area contributed by atoms with Crippen molar-refractivity contribution in [2.75, 3.05) is 5.32 Å². The van der Waals surface area contributed by atoms with Crippen LogP contribution in [0.1, 0.15) is 15.9 Å². The summed E-state index contributed by atoms with van der Waals surface area (Å²) in [6, 6.07) is 16.6. The number of nitrogens with zero attached hydrogens (tertiary/aromatic N) is 2.